The number of nitrogens with one attached hydrogen (secondary N) is 1. The lowest BCUT2D eigenvalue weighted by atomic mass is 10.2. The number of rotatable bonds is 6. The highest BCUT2D eigenvalue weighted by atomic mass is 16.5. The first-order valence-electron chi connectivity index (χ1n) is 6.19. The Labute approximate surface area is 113 Å². The molecule has 0 saturated heterocycles. The lowest BCUT2D eigenvalue weighted by molar-refractivity contribution is -0.114. The van der Waals surface area contributed by atoms with Crippen LogP contribution in [0.5, 0.6) is 5.75 Å². The molecular formula is C14H19N3O2. The van der Waals surface area contributed by atoms with Gasteiger partial charge in [-0.15, -0.1) is 0 Å². The number of amides is 1. The molecule has 0 heterocycles. The Morgan fingerprint density at radius 1 is 1.53 bits per heavy atom. The van der Waals surface area contributed by atoms with Crippen molar-refractivity contribution in [2.45, 2.75) is 20.3 Å². The zero-order valence-electron chi connectivity index (χ0n) is 11.6. The quantitative estimate of drug-likeness (QED) is 0.854. The summed E-state index contributed by atoms with van der Waals surface area (Å²) in [6.07, 6.45) is 0.446. The molecule has 5 nitrogen and oxygen atoms in total. The van der Waals surface area contributed by atoms with Crippen LogP contribution in [0.4, 0.5) is 11.4 Å². The van der Waals surface area contributed by atoms with E-state index in [0.29, 0.717) is 13.0 Å². The normalized spacial score (nSPS) is 9.58. The Bertz CT molecular complexity index is 480. The van der Waals surface area contributed by atoms with E-state index in [1.807, 2.05) is 24.0 Å². The maximum atomic E-state index is 11.1. The van der Waals surface area contributed by atoms with Crippen molar-refractivity contribution in [2.75, 3.05) is 30.4 Å². The van der Waals surface area contributed by atoms with Crippen LogP contribution in [-0.4, -0.2) is 26.1 Å². The summed E-state index contributed by atoms with van der Waals surface area (Å²) < 4.78 is 5.33. The summed E-state index contributed by atoms with van der Waals surface area (Å²) >= 11 is 0. The molecule has 1 N–H and O–H groups in total. The topological polar surface area (TPSA) is 65.4 Å². The van der Waals surface area contributed by atoms with E-state index in [4.69, 9.17) is 10.00 Å². The van der Waals surface area contributed by atoms with Crippen molar-refractivity contribution in [1.82, 2.24) is 0 Å². The van der Waals surface area contributed by atoms with Crippen molar-refractivity contribution < 1.29 is 9.53 Å². The predicted octanol–water partition coefficient (Wildman–Crippen LogP) is 2.39. The van der Waals surface area contributed by atoms with Crippen LogP contribution in [0.2, 0.25) is 0 Å². The molecule has 0 atom stereocenters. The molecule has 0 saturated carbocycles. The summed E-state index contributed by atoms with van der Waals surface area (Å²) in [7, 11) is 1.61. The smallest absolute Gasteiger partial charge is 0.221 e. The third-order valence-corrected chi connectivity index (χ3v) is 2.72. The third-order valence-electron chi connectivity index (χ3n) is 2.72. The van der Waals surface area contributed by atoms with E-state index in [1.165, 1.54) is 6.92 Å². The molecule has 1 rings (SSSR count). The minimum atomic E-state index is -0.115. The molecule has 102 valence electrons. The number of hydrogen-bond acceptors (Lipinski definition) is 4. The van der Waals surface area contributed by atoms with E-state index in [-0.39, 0.29) is 5.91 Å². The Kier molecular flexibility index (Phi) is 5.68. The van der Waals surface area contributed by atoms with Gasteiger partial charge in [0.1, 0.15) is 5.75 Å². The van der Waals surface area contributed by atoms with E-state index in [1.54, 1.807) is 13.2 Å². The fourth-order valence-electron chi connectivity index (χ4n) is 1.85. The van der Waals surface area contributed by atoms with Gasteiger partial charge in [-0.25, -0.2) is 0 Å². The summed E-state index contributed by atoms with van der Waals surface area (Å²) in [4.78, 5) is 13.1. The van der Waals surface area contributed by atoms with Crippen molar-refractivity contribution in [2.24, 2.45) is 0 Å². The van der Waals surface area contributed by atoms with Crippen LogP contribution < -0.4 is 15.0 Å². The van der Waals surface area contributed by atoms with E-state index >= 15 is 0 Å². The second kappa shape index (κ2) is 7.27. The highest BCUT2D eigenvalue weighted by molar-refractivity contribution is 5.89. The first kappa shape index (κ1) is 14.8. The van der Waals surface area contributed by atoms with Gasteiger partial charge in [0.15, 0.2) is 0 Å². The van der Waals surface area contributed by atoms with Crippen LogP contribution in [0.15, 0.2) is 18.2 Å². The van der Waals surface area contributed by atoms with E-state index < -0.39 is 0 Å². The fraction of sp³-hybridized carbons (Fsp3) is 0.429. The minimum Gasteiger partial charge on any atom is -0.495 e. The van der Waals surface area contributed by atoms with Gasteiger partial charge < -0.3 is 15.0 Å². The van der Waals surface area contributed by atoms with Gasteiger partial charge in [0.25, 0.3) is 0 Å². The maximum absolute atomic E-state index is 11.1. The summed E-state index contributed by atoms with van der Waals surface area (Å²) in [5.74, 6) is 0.616. The molecular weight excluding hydrogens is 242 g/mol. The standard InChI is InChI=1S/C14H19N3O2/c1-4-17(9-5-8-15)13-10-12(16-11(2)18)6-7-14(13)19-3/h6-7,10H,4-5,9H2,1-3H3,(H,16,18). The number of hydrogen-bond donors (Lipinski definition) is 1. The maximum Gasteiger partial charge on any atom is 0.221 e. The van der Waals surface area contributed by atoms with Crippen LogP contribution in [0.3, 0.4) is 0 Å². The summed E-state index contributed by atoms with van der Waals surface area (Å²) in [5, 5.41) is 11.4. The number of nitriles is 1. The van der Waals surface area contributed by atoms with Gasteiger partial charge in [-0.1, -0.05) is 0 Å². The Hall–Kier alpha value is -2.22. The Morgan fingerprint density at radius 2 is 2.26 bits per heavy atom. The largest absolute Gasteiger partial charge is 0.495 e. The monoisotopic (exact) mass is 261 g/mol. The number of benzene rings is 1. The summed E-state index contributed by atoms with van der Waals surface area (Å²) in [6, 6.07) is 7.61. The second-order valence-electron chi connectivity index (χ2n) is 4.06. The second-order valence-corrected chi connectivity index (χ2v) is 4.06. The molecule has 0 fully saturated rings. The average Bonchev–Trinajstić information content (AvgIpc) is 2.39. The third kappa shape index (κ3) is 4.18. The zero-order chi connectivity index (χ0) is 14.3. The van der Waals surface area contributed by atoms with E-state index in [0.717, 1.165) is 23.7 Å². The van der Waals surface area contributed by atoms with Crippen molar-refractivity contribution in [3.8, 4) is 11.8 Å². The van der Waals surface area contributed by atoms with Gasteiger partial charge in [-0.05, 0) is 25.1 Å². The number of methoxy groups -OCH3 is 1. The molecule has 19 heavy (non-hydrogen) atoms. The van der Waals surface area contributed by atoms with E-state index in [9.17, 15) is 4.79 Å². The van der Waals surface area contributed by atoms with Crippen molar-refractivity contribution in [3.05, 3.63) is 18.2 Å². The van der Waals surface area contributed by atoms with Crippen LogP contribution in [-0.2, 0) is 4.79 Å². The molecule has 0 unspecified atom stereocenters. The zero-order valence-corrected chi connectivity index (χ0v) is 11.6. The lowest BCUT2D eigenvalue weighted by Crippen LogP contribution is -2.24. The van der Waals surface area contributed by atoms with Gasteiger partial charge in [0.05, 0.1) is 25.3 Å². The van der Waals surface area contributed by atoms with Gasteiger partial charge in [0.2, 0.25) is 5.91 Å². The molecule has 1 amide bonds. The number of carbonyl (C=O) groups is 1. The minimum absolute atomic E-state index is 0.115. The Balaban J connectivity index is 3.06. The fourth-order valence-corrected chi connectivity index (χ4v) is 1.85. The molecule has 1 aromatic rings. The lowest BCUT2D eigenvalue weighted by Gasteiger charge is -2.24. The molecule has 1 aromatic carbocycles. The number of carbonyl (C=O) groups excluding carboxylic acids is 1. The molecule has 0 radical (unpaired) electrons. The first-order valence-corrected chi connectivity index (χ1v) is 6.19. The number of anilines is 2. The summed E-state index contributed by atoms with van der Waals surface area (Å²) in [6.45, 7) is 4.88. The highest BCUT2D eigenvalue weighted by Gasteiger charge is 2.11. The molecule has 0 bridgehead atoms. The van der Waals surface area contributed by atoms with Gasteiger partial charge in [-0.3, -0.25) is 4.79 Å². The first-order chi connectivity index (χ1) is 9.12. The number of nitrogens with zero attached hydrogens (tertiary/aromatic N) is 2. The van der Waals surface area contributed by atoms with Gasteiger partial charge in [0, 0.05) is 25.7 Å². The van der Waals surface area contributed by atoms with Crippen LogP contribution in [0.1, 0.15) is 20.3 Å². The van der Waals surface area contributed by atoms with Crippen molar-refractivity contribution >= 4 is 17.3 Å². The Morgan fingerprint density at radius 3 is 2.79 bits per heavy atom. The molecule has 5 heteroatoms. The van der Waals surface area contributed by atoms with Gasteiger partial charge in [-0.2, -0.15) is 5.26 Å². The van der Waals surface area contributed by atoms with Crippen LogP contribution in [0, 0.1) is 11.3 Å². The highest BCUT2D eigenvalue weighted by Crippen LogP contribution is 2.31. The molecule has 0 aromatic heterocycles. The predicted molar refractivity (Wildman–Crippen MR) is 75.4 cm³/mol. The van der Waals surface area contributed by atoms with Crippen LogP contribution in [0.25, 0.3) is 0 Å². The average molecular weight is 261 g/mol. The van der Waals surface area contributed by atoms with E-state index in [2.05, 4.69) is 11.4 Å². The molecule has 0 aliphatic carbocycles. The molecule has 0 aliphatic rings. The van der Waals surface area contributed by atoms with Crippen molar-refractivity contribution in [3.63, 3.8) is 0 Å². The number of ether oxygens (including phenoxy) is 1. The van der Waals surface area contributed by atoms with Gasteiger partial charge >= 0.3 is 0 Å². The summed E-state index contributed by atoms with van der Waals surface area (Å²) in [5.41, 5.74) is 1.60. The SMILES string of the molecule is CCN(CCC#N)c1cc(NC(C)=O)ccc1OC. The van der Waals surface area contributed by atoms with Crippen LogP contribution >= 0.6 is 0 Å². The molecule has 0 aliphatic heterocycles. The van der Waals surface area contributed by atoms with Crippen molar-refractivity contribution in [1.29, 1.82) is 5.26 Å². The molecule has 0 spiro atoms.